The van der Waals surface area contributed by atoms with Crippen molar-refractivity contribution in [1.82, 2.24) is 24.4 Å². The molecule has 0 unspecified atom stereocenters. The number of halogens is 4. The molecule has 192 valence electrons. The van der Waals surface area contributed by atoms with E-state index in [-0.39, 0.29) is 35.0 Å². The first-order chi connectivity index (χ1) is 17.4. The van der Waals surface area contributed by atoms with Gasteiger partial charge in [0.25, 0.3) is 5.91 Å². The molecule has 1 aliphatic heterocycles. The Balaban J connectivity index is 1.69. The summed E-state index contributed by atoms with van der Waals surface area (Å²) < 4.78 is 62.2. The van der Waals surface area contributed by atoms with Crippen LogP contribution in [-0.2, 0) is 16.1 Å². The zero-order valence-electron chi connectivity index (χ0n) is 19.8. The van der Waals surface area contributed by atoms with E-state index in [2.05, 4.69) is 21.8 Å². The van der Waals surface area contributed by atoms with Crippen molar-refractivity contribution in [3.05, 3.63) is 60.9 Å². The fraction of sp³-hybridized carbons (Fsp3) is 0.250. The van der Waals surface area contributed by atoms with E-state index in [1.54, 1.807) is 19.9 Å². The van der Waals surface area contributed by atoms with Crippen LogP contribution in [0.5, 0.6) is 0 Å². The van der Waals surface area contributed by atoms with E-state index < -0.39 is 30.0 Å². The lowest BCUT2D eigenvalue weighted by Gasteiger charge is -2.38. The molecular formula is C24H21F4N7O2. The number of carbonyl (C=O) groups is 1. The van der Waals surface area contributed by atoms with Crippen molar-refractivity contribution in [2.75, 3.05) is 17.2 Å². The Kier molecular flexibility index (Phi) is 5.55. The van der Waals surface area contributed by atoms with Crippen LogP contribution in [0.3, 0.4) is 0 Å². The van der Waals surface area contributed by atoms with Gasteiger partial charge < -0.3 is 10.5 Å². The van der Waals surface area contributed by atoms with Crippen molar-refractivity contribution in [3.63, 3.8) is 0 Å². The van der Waals surface area contributed by atoms with Crippen LogP contribution in [0.4, 0.5) is 29.1 Å². The first kappa shape index (κ1) is 24.4. The van der Waals surface area contributed by atoms with E-state index in [1.807, 2.05) is 0 Å². The van der Waals surface area contributed by atoms with E-state index >= 15 is 4.39 Å². The molecule has 0 saturated carbocycles. The second-order valence-electron chi connectivity index (χ2n) is 9.01. The van der Waals surface area contributed by atoms with Crippen molar-refractivity contribution in [2.24, 2.45) is 0 Å². The van der Waals surface area contributed by atoms with E-state index in [9.17, 15) is 18.0 Å². The van der Waals surface area contributed by atoms with Gasteiger partial charge in [-0.05, 0) is 44.2 Å². The average molecular weight is 515 g/mol. The van der Waals surface area contributed by atoms with Crippen LogP contribution in [0, 0.1) is 5.82 Å². The Morgan fingerprint density at radius 1 is 1.16 bits per heavy atom. The number of benzene rings is 1. The number of hydrogen-bond donors (Lipinski definition) is 1. The van der Waals surface area contributed by atoms with Gasteiger partial charge in [0.15, 0.2) is 5.82 Å². The van der Waals surface area contributed by atoms with Crippen molar-refractivity contribution in [2.45, 2.75) is 32.2 Å². The summed E-state index contributed by atoms with van der Waals surface area (Å²) in [6.45, 7) is 5.70. The number of alkyl halides is 3. The highest BCUT2D eigenvalue weighted by Crippen LogP contribution is 2.38. The fourth-order valence-electron chi connectivity index (χ4n) is 4.25. The molecule has 2 N–H and O–H groups in total. The number of nitrogens with two attached hydrogens (primary N) is 1. The monoisotopic (exact) mass is 515 g/mol. The topological polar surface area (TPSA) is 104 Å². The van der Waals surface area contributed by atoms with E-state index in [4.69, 9.17) is 10.5 Å². The number of hydrogen-bond acceptors (Lipinski definition) is 6. The average Bonchev–Trinajstić information content (AvgIpc) is 3.42. The van der Waals surface area contributed by atoms with Gasteiger partial charge in [-0.1, -0.05) is 6.58 Å². The van der Waals surface area contributed by atoms with Gasteiger partial charge in [0.2, 0.25) is 0 Å². The van der Waals surface area contributed by atoms with Crippen LogP contribution in [-0.4, -0.2) is 48.7 Å². The molecule has 5 rings (SSSR count). The minimum atomic E-state index is -4.51. The highest BCUT2D eigenvalue weighted by Gasteiger charge is 2.40. The predicted octanol–water partition coefficient (Wildman–Crippen LogP) is 4.20. The first-order valence-electron chi connectivity index (χ1n) is 11.0. The number of carbonyl (C=O) groups excluding carboxylic acids is 1. The summed E-state index contributed by atoms with van der Waals surface area (Å²) in [6, 6.07) is 7.09. The molecule has 9 nitrogen and oxygen atoms in total. The van der Waals surface area contributed by atoms with Gasteiger partial charge >= 0.3 is 6.18 Å². The molecule has 4 aromatic rings. The van der Waals surface area contributed by atoms with Crippen LogP contribution >= 0.6 is 0 Å². The maximum absolute atomic E-state index is 15.0. The third-order valence-corrected chi connectivity index (χ3v) is 6.02. The van der Waals surface area contributed by atoms with Crippen molar-refractivity contribution in [1.29, 1.82) is 0 Å². The van der Waals surface area contributed by atoms with E-state index in [0.29, 0.717) is 16.8 Å². The highest BCUT2D eigenvalue weighted by molar-refractivity contribution is 6.03. The second kappa shape index (κ2) is 8.40. The Morgan fingerprint density at radius 3 is 2.65 bits per heavy atom. The zero-order chi connectivity index (χ0) is 26.7. The summed E-state index contributed by atoms with van der Waals surface area (Å²) in [5.41, 5.74) is 6.60. The van der Waals surface area contributed by atoms with Crippen LogP contribution in [0.25, 0.3) is 28.0 Å². The normalized spacial score (nSPS) is 16.1. The maximum atomic E-state index is 15.0. The number of aromatic nitrogens is 5. The molecule has 1 aliphatic rings. The van der Waals surface area contributed by atoms with Gasteiger partial charge in [-0.2, -0.15) is 23.4 Å². The fourth-order valence-corrected chi connectivity index (χ4v) is 4.25. The quantitative estimate of drug-likeness (QED) is 0.409. The second-order valence-corrected chi connectivity index (χ2v) is 9.01. The number of ether oxygens (including phenoxy) is 1. The summed E-state index contributed by atoms with van der Waals surface area (Å²) in [5.74, 6) is -1.14. The Bertz CT molecular complexity index is 1550. The molecule has 1 fully saturated rings. The third-order valence-electron chi connectivity index (χ3n) is 6.02. The largest absolute Gasteiger partial charge is 0.408 e. The van der Waals surface area contributed by atoms with Crippen LogP contribution in [0.15, 0.2) is 55.1 Å². The lowest BCUT2D eigenvalue weighted by Crippen LogP contribution is -2.52. The molecule has 1 amide bonds. The van der Waals surface area contributed by atoms with Crippen molar-refractivity contribution >= 4 is 22.9 Å². The van der Waals surface area contributed by atoms with Gasteiger partial charge in [0, 0.05) is 23.0 Å². The zero-order valence-corrected chi connectivity index (χ0v) is 19.8. The standard InChI is InChI=1S/C24H21F4N7O2/c1-13-10-37-23(2,3)22(36)34(13)19-8-14(4-5-16(19)25)18-9-15(20-21(29)30-12-32-35(18)20)17-6-7-31-33(17)11-24(26,27)28/h4-9,12H,1,10-11H2,2-3H3,(H2,29,30,32). The summed E-state index contributed by atoms with van der Waals surface area (Å²) in [4.78, 5) is 18.2. The Labute approximate surface area is 207 Å². The molecular weight excluding hydrogens is 494 g/mol. The number of nitrogens with zero attached hydrogens (tertiary/aromatic N) is 6. The minimum Gasteiger partial charge on any atom is -0.382 e. The van der Waals surface area contributed by atoms with Crippen LogP contribution in [0.1, 0.15) is 13.8 Å². The Morgan fingerprint density at radius 2 is 1.92 bits per heavy atom. The lowest BCUT2D eigenvalue weighted by molar-refractivity contribution is -0.142. The van der Waals surface area contributed by atoms with E-state index in [1.165, 1.54) is 46.2 Å². The summed E-state index contributed by atoms with van der Waals surface area (Å²) in [6.07, 6.45) is -2.06. The molecule has 0 spiro atoms. The molecule has 4 heterocycles. The van der Waals surface area contributed by atoms with Gasteiger partial charge in [0.1, 0.15) is 29.8 Å². The third kappa shape index (κ3) is 4.20. The highest BCUT2D eigenvalue weighted by atomic mass is 19.4. The summed E-state index contributed by atoms with van der Waals surface area (Å²) in [7, 11) is 0. The summed E-state index contributed by atoms with van der Waals surface area (Å²) >= 11 is 0. The van der Waals surface area contributed by atoms with E-state index in [0.717, 1.165) is 4.68 Å². The molecule has 1 saturated heterocycles. The Hall–Kier alpha value is -4.26. The minimum absolute atomic E-state index is 0.0214. The number of nitrogen functional groups attached to an aromatic ring is 1. The number of anilines is 2. The SMILES string of the molecule is C=C1COC(C)(C)C(=O)N1c1cc(-c2cc(-c3ccnn3CC(F)(F)F)c3c(N)ncnn23)ccc1F. The molecule has 0 aliphatic carbocycles. The van der Waals surface area contributed by atoms with Gasteiger partial charge in [-0.25, -0.2) is 13.9 Å². The van der Waals surface area contributed by atoms with Gasteiger partial charge in [0.05, 0.1) is 23.7 Å². The summed E-state index contributed by atoms with van der Waals surface area (Å²) in [5, 5.41) is 8.04. The number of morpholine rings is 1. The van der Waals surface area contributed by atoms with Crippen LogP contribution < -0.4 is 10.6 Å². The molecule has 1 aromatic carbocycles. The number of fused-ring (bicyclic) bond motifs is 1. The smallest absolute Gasteiger partial charge is 0.382 e. The number of amides is 1. The predicted molar refractivity (Wildman–Crippen MR) is 127 cm³/mol. The first-order valence-corrected chi connectivity index (χ1v) is 11.0. The molecule has 13 heteroatoms. The molecule has 0 radical (unpaired) electrons. The van der Waals surface area contributed by atoms with Crippen molar-refractivity contribution < 1.29 is 27.1 Å². The van der Waals surface area contributed by atoms with Crippen molar-refractivity contribution in [3.8, 4) is 22.5 Å². The molecule has 0 bridgehead atoms. The number of rotatable bonds is 4. The molecule has 3 aromatic heterocycles. The van der Waals surface area contributed by atoms with Crippen LogP contribution in [0.2, 0.25) is 0 Å². The lowest BCUT2D eigenvalue weighted by atomic mass is 10.0. The van der Waals surface area contributed by atoms with Gasteiger partial charge in [-0.15, -0.1) is 0 Å². The molecule has 0 atom stereocenters. The maximum Gasteiger partial charge on any atom is 0.408 e. The van der Waals surface area contributed by atoms with Gasteiger partial charge in [-0.3, -0.25) is 14.4 Å². The molecule has 37 heavy (non-hydrogen) atoms.